The molecule has 3 rings (SSSR count). The van der Waals surface area contributed by atoms with E-state index < -0.39 is 0 Å². The maximum absolute atomic E-state index is 6.08. The molecule has 22 heavy (non-hydrogen) atoms. The molecule has 1 atom stereocenters. The summed E-state index contributed by atoms with van der Waals surface area (Å²) in [6.45, 7) is 8.83. The van der Waals surface area contributed by atoms with E-state index in [0.717, 1.165) is 43.8 Å². The van der Waals surface area contributed by atoms with E-state index >= 15 is 0 Å². The van der Waals surface area contributed by atoms with Crippen LogP contribution in [0, 0.1) is 6.92 Å². The molecule has 0 aromatic heterocycles. The summed E-state index contributed by atoms with van der Waals surface area (Å²) in [7, 11) is 0. The van der Waals surface area contributed by atoms with E-state index in [9.17, 15) is 0 Å². The van der Waals surface area contributed by atoms with E-state index in [4.69, 9.17) is 10.5 Å². The number of benzene rings is 1. The van der Waals surface area contributed by atoms with Crippen LogP contribution in [0.15, 0.2) is 18.2 Å². The third-order valence-corrected chi connectivity index (χ3v) is 4.93. The number of ether oxygens (including phenoxy) is 1. The van der Waals surface area contributed by atoms with Gasteiger partial charge >= 0.3 is 0 Å². The Morgan fingerprint density at radius 2 is 2.05 bits per heavy atom. The van der Waals surface area contributed by atoms with Gasteiger partial charge in [-0.25, -0.2) is 0 Å². The summed E-state index contributed by atoms with van der Waals surface area (Å²) in [6, 6.07) is 6.32. The molecule has 1 aromatic rings. The Labute approximate surface area is 134 Å². The Kier molecular flexibility index (Phi) is 5.21. The lowest BCUT2D eigenvalue weighted by molar-refractivity contribution is 0.0621. The highest BCUT2D eigenvalue weighted by Gasteiger charge is 2.23. The molecule has 2 aliphatic rings. The zero-order valence-corrected chi connectivity index (χ0v) is 13.8. The predicted octanol–water partition coefficient (Wildman–Crippen LogP) is 2.66. The van der Waals surface area contributed by atoms with Gasteiger partial charge in [0.05, 0.1) is 6.10 Å². The van der Waals surface area contributed by atoms with E-state index in [0.29, 0.717) is 6.10 Å². The third kappa shape index (κ3) is 3.93. The highest BCUT2D eigenvalue weighted by atomic mass is 16.5. The van der Waals surface area contributed by atoms with Crippen molar-refractivity contribution >= 4 is 11.4 Å². The van der Waals surface area contributed by atoms with Crippen LogP contribution < -0.4 is 10.6 Å². The first-order valence-corrected chi connectivity index (χ1v) is 8.67. The zero-order valence-electron chi connectivity index (χ0n) is 13.8. The van der Waals surface area contributed by atoms with Crippen LogP contribution in [0.5, 0.6) is 0 Å². The van der Waals surface area contributed by atoms with Gasteiger partial charge < -0.3 is 20.3 Å². The number of nitrogen functional groups attached to an aromatic ring is 1. The summed E-state index contributed by atoms with van der Waals surface area (Å²) < 4.78 is 6.08. The Morgan fingerprint density at radius 3 is 2.82 bits per heavy atom. The van der Waals surface area contributed by atoms with Gasteiger partial charge in [0.2, 0.25) is 0 Å². The minimum Gasteiger partial charge on any atom is -0.399 e. The lowest BCUT2D eigenvalue weighted by Crippen LogP contribution is -2.25. The summed E-state index contributed by atoms with van der Waals surface area (Å²) in [5.41, 5.74) is 9.21. The number of nitrogens with zero attached hydrogens (tertiary/aromatic N) is 2. The molecule has 0 spiro atoms. The SMILES string of the molecule is Cc1cc(N2CCC(OCCCN3CCCC3)C2)ccc1N. The minimum absolute atomic E-state index is 0.386. The molecule has 2 fully saturated rings. The average molecular weight is 303 g/mol. The fourth-order valence-corrected chi connectivity index (χ4v) is 3.50. The molecular weight excluding hydrogens is 274 g/mol. The summed E-state index contributed by atoms with van der Waals surface area (Å²) in [5, 5.41) is 0. The largest absolute Gasteiger partial charge is 0.399 e. The lowest BCUT2D eigenvalue weighted by Gasteiger charge is -2.20. The summed E-state index contributed by atoms with van der Waals surface area (Å²) >= 11 is 0. The molecule has 2 saturated heterocycles. The molecular formula is C18H29N3O. The normalized spacial score (nSPS) is 22.6. The Balaban J connectivity index is 1.39. The van der Waals surface area contributed by atoms with Crippen molar-refractivity contribution in [2.45, 2.75) is 38.7 Å². The Morgan fingerprint density at radius 1 is 1.23 bits per heavy atom. The third-order valence-electron chi connectivity index (χ3n) is 4.93. The minimum atomic E-state index is 0.386. The zero-order chi connectivity index (χ0) is 15.4. The van der Waals surface area contributed by atoms with Gasteiger partial charge in [0.1, 0.15) is 0 Å². The topological polar surface area (TPSA) is 41.7 Å². The van der Waals surface area contributed by atoms with Crippen molar-refractivity contribution in [1.29, 1.82) is 0 Å². The molecule has 0 bridgehead atoms. The van der Waals surface area contributed by atoms with Crippen LogP contribution in [0.2, 0.25) is 0 Å². The molecule has 2 heterocycles. The molecule has 0 radical (unpaired) electrons. The molecule has 122 valence electrons. The van der Waals surface area contributed by atoms with E-state index in [1.807, 2.05) is 6.07 Å². The van der Waals surface area contributed by atoms with Crippen LogP contribution >= 0.6 is 0 Å². The first-order chi connectivity index (χ1) is 10.7. The number of rotatable bonds is 6. The number of hydrogen-bond donors (Lipinski definition) is 1. The molecule has 2 N–H and O–H groups in total. The molecule has 0 saturated carbocycles. The standard InChI is InChI=1S/C18H29N3O/c1-15-13-16(5-6-18(15)19)21-11-7-17(14-21)22-12-4-10-20-8-2-3-9-20/h5-6,13,17H,2-4,7-12,14,19H2,1H3. The Bertz CT molecular complexity index is 485. The second kappa shape index (κ2) is 7.34. The highest BCUT2D eigenvalue weighted by molar-refractivity contribution is 5.58. The monoisotopic (exact) mass is 303 g/mol. The summed E-state index contributed by atoms with van der Waals surface area (Å²) in [5.74, 6) is 0. The van der Waals surface area contributed by atoms with Gasteiger partial charge in [-0.1, -0.05) is 0 Å². The van der Waals surface area contributed by atoms with Crippen LogP contribution in [0.1, 0.15) is 31.2 Å². The van der Waals surface area contributed by atoms with Gasteiger partial charge in [0.25, 0.3) is 0 Å². The van der Waals surface area contributed by atoms with Crippen molar-refractivity contribution in [3.63, 3.8) is 0 Å². The molecule has 1 aromatic carbocycles. The van der Waals surface area contributed by atoms with Crippen molar-refractivity contribution in [2.24, 2.45) is 0 Å². The second-order valence-electron chi connectivity index (χ2n) is 6.67. The average Bonchev–Trinajstić information content (AvgIpc) is 3.18. The predicted molar refractivity (Wildman–Crippen MR) is 92.5 cm³/mol. The van der Waals surface area contributed by atoms with E-state index in [-0.39, 0.29) is 0 Å². The summed E-state index contributed by atoms with van der Waals surface area (Å²) in [4.78, 5) is 4.97. The molecule has 2 aliphatic heterocycles. The van der Waals surface area contributed by atoms with Crippen molar-refractivity contribution in [3.05, 3.63) is 23.8 Å². The van der Waals surface area contributed by atoms with Crippen molar-refractivity contribution < 1.29 is 4.74 Å². The first kappa shape index (κ1) is 15.6. The fraction of sp³-hybridized carbons (Fsp3) is 0.667. The smallest absolute Gasteiger partial charge is 0.0766 e. The van der Waals surface area contributed by atoms with Crippen LogP contribution in [0.25, 0.3) is 0 Å². The van der Waals surface area contributed by atoms with E-state index in [2.05, 4.69) is 28.9 Å². The second-order valence-corrected chi connectivity index (χ2v) is 6.67. The lowest BCUT2D eigenvalue weighted by atomic mass is 10.2. The van der Waals surface area contributed by atoms with Gasteiger partial charge in [0.15, 0.2) is 0 Å². The van der Waals surface area contributed by atoms with Crippen LogP contribution in [0.3, 0.4) is 0 Å². The molecule has 4 heteroatoms. The van der Waals surface area contributed by atoms with Gasteiger partial charge in [-0.15, -0.1) is 0 Å². The number of nitrogens with two attached hydrogens (primary N) is 1. The van der Waals surface area contributed by atoms with E-state index in [1.165, 1.54) is 38.2 Å². The highest BCUT2D eigenvalue weighted by Crippen LogP contribution is 2.25. The molecule has 1 unspecified atom stereocenters. The number of likely N-dealkylation sites (tertiary alicyclic amines) is 1. The quantitative estimate of drug-likeness (QED) is 0.648. The van der Waals surface area contributed by atoms with Gasteiger partial charge in [-0.2, -0.15) is 0 Å². The van der Waals surface area contributed by atoms with Crippen LogP contribution in [-0.4, -0.2) is 50.3 Å². The van der Waals surface area contributed by atoms with Crippen molar-refractivity contribution in [1.82, 2.24) is 4.90 Å². The molecule has 0 aliphatic carbocycles. The van der Waals surface area contributed by atoms with Gasteiger partial charge in [-0.3, -0.25) is 0 Å². The van der Waals surface area contributed by atoms with Crippen molar-refractivity contribution in [3.8, 4) is 0 Å². The van der Waals surface area contributed by atoms with Crippen LogP contribution in [0.4, 0.5) is 11.4 Å². The molecule has 0 amide bonds. The molecule has 4 nitrogen and oxygen atoms in total. The number of hydrogen-bond acceptors (Lipinski definition) is 4. The number of aryl methyl sites for hydroxylation is 1. The maximum atomic E-state index is 6.08. The van der Waals surface area contributed by atoms with Crippen molar-refractivity contribution in [2.75, 3.05) is 50.0 Å². The first-order valence-electron chi connectivity index (χ1n) is 8.67. The van der Waals surface area contributed by atoms with Gasteiger partial charge in [0, 0.05) is 37.6 Å². The van der Waals surface area contributed by atoms with Crippen LogP contribution in [-0.2, 0) is 4.74 Å². The maximum Gasteiger partial charge on any atom is 0.0766 e. The van der Waals surface area contributed by atoms with Gasteiger partial charge in [-0.05, 0) is 69.5 Å². The number of anilines is 2. The fourth-order valence-electron chi connectivity index (χ4n) is 3.50. The summed E-state index contributed by atoms with van der Waals surface area (Å²) in [6.07, 6.45) is 5.43. The van der Waals surface area contributed by atoms with E-state index in [1.54, 1.807) is 0 Å². The Hall–Kier alpha value is -1.26.